The third kappa shape index (κ3) is 3.41. The first kappa shape index (κ1) is 16.9. The Morgan fingerprint density at radius 1 is 1.12 bits per heavy atom. The Morgan fingerprint density at radius 2 is 1.81 bits per heavy atom. The molecule has 0 saturated carbocycles. The van der Waals surface area contributed by atoms with E-state index in [1.807, 2.05) is 72.5 Å². The van der Waals surface area contributed by atoms with Crippen LogP contribution in [-0.2, 0) is 4.74 Å². The highest BCUT2D eigenvalue weighted by molar-refractivity contribution is 7.14. The van der Waals surface area contributed by atoms with E-state index in [0.717, 1.165) is 21.8 Å². The number of carbonyl (C=O) groups excluding carboxylic acids is 1. The van der Waals surface area contributed by atoms with Crippen LogP contribution in [0.15, 0.2) is 60.7 Å². The van der Waals surface area contributed by atoms with Gasteiger partial charge in [0, 0.05) is 12.1 Å². The minimum absolute atomic E-state index is 0.0404. The molecule has 4 rings (SSSR count). The van der Waals surface area contributed by atoms with Crippen molar-refractivity contribution in [1.82, 2.24) is 9.88 Å². The summed E-state index contributed by atoms with van der Waals surface area (Å²) in [5, 5.41) is 0.903. The number of aromatic nitrogens is 1. The van der Waals surface area contributed by atoms with Gasteiger partial charge in [0.15, 0.2) is 0 Å². The molecule has 26 heavy (non-hydrogen) atoms. The number of hydrogen-bond donors (Lipinski definition) is 0. The minimum Gasteiger partial charge on any atom is -0.370 e. The summed E-state index contributed by atoms with van der Waals surface area (Å²) in [5.74, 6) is 0.0404. The fourth-order valence-corrected chi connectivity index (χ4v) is 4.12. The Balaban J connectivity index is 1.60. The first-order chi connectivity index (χ1) is 12.7. The molecule has 0 radical (unpaired) electrons. The predicted molar refractivity (Wildman–Crippen MR) is 103 cm³/mol. The average Bonchev–Trinajstić information content (AvgIpc) is 3.10. The summed E-state index contributed by atoms with van der Waals surface area (Å²) in [6.45, 7) is 3.66. The second-order valence-electron chi connectivity index (χ2n) is 6.30. The van der Waals surface area contributed by atoms with Crippen molar-refractivity contribution < 1.29 is 9.53 Å². The molecule has 4 nitrogen and oxygen atoms in total. The van der Waals surface area contributed by atoms with Gasteiger partial charge in [0.05, 0.1) is 23.9 Å². The maximum atomic E-state index is 13.2. The molecule has 0 bridgehead atoms. The van der Waals surface area contributed by atoms with Gasteiger partial charge in [-0.1, -0.05) is 60.7 Å². The number of benzene rings is 2. The maximum absolute atomic E-state index is 13.2. The number of hydrogen-bond acceptors (Lipinski definition) is 4. The third-order valence-electron chi connectivity index (χ3n) is 4.50. The molecule has 5 heteroatoms. The summed E-state index contributed by atoms with van der Waals surface area (Å²) in [6.07, 6.45) is -0.0805. The first-order valence-electron chi connectivity index (χ1n) is 8.71. The van der Waals surface area contributed by atoms with E-state index in [4.69, 9.17) is 4.74 Å². The minimum atomic E-state index is -0.0805. The van der Waals surface area contributed by atoms with E-state index in [9.17, 15) is 4.79 Å². The van der Waals surface area contributed by atoms with Crippen molar-refractivity contribution in [2.75, 3.05) is 19.7 Å². The number of aryl methyl sites for hydroxylation is 1. The summed E-state index contributed by atoms with van der Waals surface area (Å²) in [6, 6.07) is 20.0. The number of thiazole rings is 1. The zero-order valence-electron chi connectivity index (χ0n) is 14.6. The molecule has 1 unspecified atom stereocenters. The SMILES string of the molecule is Cc1nc(-c2ccccc2)c(C(=O)N2CCOC(c3ccccc3)C2)s1. The fraction of sp³-hybridized carbons (Fsp3) is 0.238. The summed E-state index contributed by atoms with van der Waals surface area (Å²) in [4.78, 5) is 20.4. The highest BCUT2D eigenvalue weighted by Gasteiger charge is 2.29. The Morgan fingerprint density at radius 3 is 2.54 bits per heavy atom. The van der Waals surface area contributed by atoms with E-state index in [2.05, 4.69) is 4.98 Å². The van der Waals surface area contributed by atoms with Gasteiger partial charge in [0.25, 0.3) is 5.91 Å². The smallest absolute Gasteiger partial charge is 0.266 e. The van der Waals surface area contributed by atoms with E-state index in [1.165, 1.54) is 11.3 Å². The van der Waals surface area contributed by atoms with Crippen LogP contribution in [0, 0.1) is 6.92 Å². The Hall–Kier alpha value is -2.50. The van der Waals surface area contributed by atoms with Crippen LogP contribution in [0.1, 0.15) is 26.3 Å². The van der Waals surface area contributed by atoms with Crippen molar-refractivity contribution in [3.63, 3.8) is 0 Å². The molecule has 1 aromatic heterocycles. The van der Waals surface area contributed by atoms with E-state index in [1.54, 1.807) is 0 Å². The molecule has 1 saturated heterocycles. The highest BCUT2D eigenvalue weighted by Crippen LogP contribution is 2.31. The van der Waals surface area contributed by atoms with Gasteiger partial charge in [0.1, 0.15) is 11.0 Å². The number of nitrogens with zero attached hydrogens (tertiary/aromatic N) is 2. The maximum Gasteiger partial charge on any atom is 0.266 e. The lowest BCUT2D eigenvalue weighted by molar-refractivity contribution is -0.0226. The fourth-order valence-electron chi connectivity index (χ4n) is 3.21. The number of ether oxygens (including phenoxy) is 1. The average molecular weight is 364 g/mol. The van der Waals surface area contributed by atoms with Crippen LogP contribution in [-0.4, -0.2) is 35.5 Å². The van der Waals surface area contributed by atoms with Gasteiger partial charge >= 0.3 is 0 Å². The van der Waals surface area contributed by atoms with Crippen LogP contribution in [0.25, 0.3) is 11.3 Å². The second-order valence-corrected chi connectivity index (χ2v) is 7.50. The van der Waals surface area contributed by atoms with Crippen LogP contribution in [0.5, 0.6) is 0 Å². The van der Waals surface area contributed by atoms with E-state index < -0.39 is 0 Å². The van der Waals surface area contributed by atoms with Crippen LogP contribution < -0.4 is 0 Å². The highest BCUT2D eigenvalue weighted by atomic mass is 32.1. The largest absolute Gasteiger partial charge is 0.370 e. The van der Waals surface area contributed by atoms with Gasteiger partial charge in [-0.2, -0.15) is 0 Å². The van der Waals surface area contributed by atoms with Crippen LogP contribution >= 0.6 is 11.3 Å². The molecule has 1 atom stereocenters. The van der Waals surface area contributed by atoms with Crippen LogP contribution in [0.4, 0.5) is 0 Å². The summed E-state index contributed by atoms with van der Waals surface area (Å²) < 4.78 is 5.89. The molecule has 1 aliphatic heterocycles. The van der Waals surface area contributed by atoms with E-state index in [0.29, 0.717) is 24.6 Å². The topological polar surface area (TPSA) is 42.4 Å². The molecule has 0 aliphatic carbocycles. The van der Waals surface area contributed by atoms with Crippen molar-refractivity contribution in [2.24, 2.45) is 0 Å². The number of carbonyl (C=O) groups is 1. The second kappa shape index (κ2) is 7.40. The van der Waals surface area contributed by atoms with Crippen LogP contribution in [0.2, 0.25) is 0 Å². The van der Waals surface area contributed by atoms with E-state index in [-0.39, 0.29) is 12.0 Å². The number of amides is 1. The zero-order valence-corrected chi connectivity index (χ0v) is 15.4. The quantitative estimate of drug-likeness (QED) is 0.695. The van der Waals surface area contributed by atoms with Crippen molar-refractivity contribution in [3.8, 4) is 11.3 Å². The van der Waals surface area contributed by atoms with Crippen LogP contribution in [0.3, 0.4) is 0 Å². The third-order valence-corrected chi connectivity index (χ3v) is 5.46. The lowest BCUT2D eigenvalue weighted by Gasteiger charge is -2.33. The molecule has 1 aliphatic rings. The van der Waals surface area contributed by atoms with Crippen molar-refractivity contribution in [3.05, 3.63) is 76.1 Å². The Labute approximate surface area is 157 Å². The van der Waals surface area contributed by atoms with Gasteiger partial charge in [-0.25, -0.2) is 4.98 Å². The van der Waals surface area contributed by atoms with Gasteiger partial charge in [-0.3, -0.25) is 4.79 Å². The summed E-state index contributed by atoms with van der Waals surface area (Å²) in [7, 11) is 0. The van der Waals surface area contributed by atoms with Gasteiger partial charge < -0.3 is 9.64 Å². The molecule has 0 spiro atoms. The molecule has 1 fully saturated rings. The monoisotopic (exact) mass is 364 g/mol. The van der Waals surface area contributed by atoms with Crippen molar-refractivity contribution in [2.45, 2.75) is 13.0 Å². The van der Waals surface area contributed by atoms with Gasteiger partial charge in [-0.15, -0.1) is 11.3 Å². The van der Waals surface area contributed by atoms with Gasteiger partial charge in [0.2, 0.25) is 0 Å². The Kier molecular flexibility index (Phi) is 4.82. The lowest BCUT2D eigenvalue weighted by atomic mass is 10.1. The number of morpholine rings is 1. The van der Waals surface area contributed by atoms with Crippen molar-refractivity contribution >= 4 is 17.2 Å². The zero-order chi connectivity index (χ0) is 17.9. The van der Waals surface area contributed by atoms with Gasteiger partial charge in [-0.05, 0) is 12.5 Å². The molecule has 3 aromatic rings. The molecule has 0 N–H and O–H groups in total. The number of rotatable bonds is 3. The predicted octanol–water partition coefficient (Wildman–Crippen LogP) is 4.33. The first-order valence-corrected chi connectivity index (χ1v) is 9.52. The molecular weight excluding hydrogens is 344 g/mol. The standard InChI is InChI=1S/C21H20N2O2S/c1-15-22-19(17-10-6-3-7-11-17)20(26-15)21(24)23-12-13-25-18(14-23)16-8-4-2-5-9-16/h2-11,18H,12-14H2,1H3. The summed E-state index contributed by atoms with van der Waals surface area (Å²) in [5.41, 5.74) is 2.86. The molecule has 2 aromatic carbocycles. The summed E-state index contributed by atoms with van der Waals surface area (Å²) >= 11 is 1.46. The molecule has 132 valence electrons. The Bertz CT molecular complexity index is 893. The lowest BCUT2D eigenvalue weighted by Crippen LogP contribution is -2.42. The normalized spacial score (nSPS) is 17.3. The van der Waals surface area contributed by atoms with Crippen molar-refractivity contribution in [1.29, 1.82) is 0 Å². The molecule has 1 amide bonds. The van der Waals surface area contributed by atoms with E-state index >= 15 is 0 Å². The molecule has 2 heterocycles. The molecular formula is C21H20N2O2S.